The molecule has 1 atom stereocenters. The molecule has 2 heterocycles. The molecule has 0 saturated carbocycles. The number of anilines is 2. The van der Waals surface area contributed by atoms with Crippen molar-refractivity contribution in [3.05, 3.63) is 84.2 Å². The van der Waals surface area contributed by atoms with Crippen molar-refractivity contribution in [2.45, 2.75) is 31.9 Å². The molecule has 222 valence electrons. The number of carboxylic acid groups (broad SMARTS) is 2. The van der Waals surface area contributed by atoms with Crippen molar-refractivity contribution in [2.24, 2.45) is 0 Å². The van der Waals surface area contributed by atoms with Gasteiger partial charge in [0.2, 0.25) is 5.91 Å². The van der Waals surface area contributed by atoms with Gasteiger partial charge in [0.05, 0.1) is 18.7 Å². The van der Waals surface area contributed by atoms with E-state index in [-0.39, 0.29) is 18.2 Å². The van der Waals surface area contributed by atoms with Crippen LogP contribution < -0.4 is 15.4 Å². The van der Waals surface area contributed by atoms with Gasteiger partial charge in [-0.1, -0.05) is 30.3 Å². The van der Waals surface area contributed by atoms with Crippen molar-refractivity contribution in [1.29, 1.82) is 0 Å². The summed E-state index contributed by atoms with van der Waals surface area (Å²) in [5, 5.41) is 23.6. The number of aliphatic carboxylic acids is 2. The lowest BCUT2D eigenvalue weighted by molar-refractivity contribution is -0.192. The maximum absolute atomic E-state index is 11.5. The van der Waals surface area contributed by atoms with E-state index < -0.39 is 18.1 Å². The lowest BCUT2D eigenvalue weighted by Gasteiger charge is -2.15. The fourth-order valence-corrected chi connectivity index (χ4v) is 4.08. The molecule has 0 aliphatic heterocycles. The van der Waals surface area contributed by atoms with Crippen LogP contribution in [0.5, 0.6) is 5.75 Å². The van der Waals surface area contributed by atoms with Gasteiger partial charge in [-0.3, -0.25) is 9.59 Å². The SMILES string of the molecule is CC(=O)Nc1cccnc1NCCCOc1ccc2c(C(CC(=O)O)c3ccccc3)c[nH]c2c1.O=C(O)C(F)(F)F. The third kappa shape index (κ3) is 9.25. The van der Waals surface area contributed by atoms with Gasteiger partial charge >= 0.3 is 18.1 Å². The van der Waals surface area contributed by atoms with E-state index in [4.69, 9.17) is 14.6 Å². The summed E-state index contributed by atoms with van der Waals surface area (Å²) >= 11 is 0. The van der Waals surface area contributed by atoms with E-state index in [1.54, 1.807) is 18.3 Å². The van der Waals surface area contributed by atoms with Gasteiger partial charge in [0, 0.05) is 48.7 Å². The number of hydrogen-bond donors (Lipinski definition) is 5. The van der Waals surface area contributed by atoms with Crippen molar-refractivity contribution < 1.29 is 42.5 Å². The van der Waals surface area contributed by atoms with Gasteiger partial charge in [-0.2, -0.15) is 13.2 Å². The van der Waals surface area contributed by atoms with Crippen molar-refractivity contribution in [1.82, 2.24) is 9.97 Å². The van der Waals surface area contributed by atoms with E-state index in [1.807, 2.05) is 54.7 Å². The topological polar surface area (TPSA) is 154 Å². The number of nitrogens with one attached hydrogen (secondary N) is 3. The van der Waals surface area contributed by atoms with E-state index in [0.29, 0.717) is 24.7 Å². The number of carboxylic acids is 2. The molecule has 10 nitrogen and oxygen atoms in total. The second-order valence-electron chi connectivity index (χ2n) is 9.02. The quantitative estimate of drug-likeness (QED) is 0.142. The molecule has 2 aromatic heterocycles. The second-order valence-corrected chi connectivity index (χ2v) is 9.02. The molecule has 2 aromatic carbocycles. The Kier molecular flexibility index (Phi) is 10.9. The highest BCUT2D eigenvalue weighted by atomic mass is 19.4. The lowest BCUT2D eigenvalue weighted by Crippen LogP contribution is -2.21. The van der Waals surface area contributed by atoms with Crippen molar-refractivity contribution >= 4 is 40.3 Å². The summed E-state index contributed by atoms with van der Waals surface area (Å²) in [7, 11) is 0. The number of carbonyl (C=O) groups is 3. The zero-order valence-corrected chi connectivity index (χ0v) is 22.4. The average Bonchev–Trinajstić information content (AvgIpc) is 3.35. The number of carbonyl (C=O) groups excluding carboxylic acids is 1. The Morgan fingerprint density at radius 1 is 1.05 bits per heavy atom. The summed E-state index contributed by atoms with van der Waals surface area (Å²) in [6.07, 6.45) is -0.776. The Hall–Kier alpha value is -5.07. The summed E-state index contributed by atoms with van der Waals surface area (Å²) < 4.78 is 37.7. The first kappa shape index (κ1) is 31.5. The minimum Gasteiger partial charge on any atom is -0.493 e. The Labute approximate surface area is 238 Å². The molecule has 13 heteroatoms. The third-order valence-corrected chi connectivity index (χ3v) is 5.88. The summed E-state index contributed by atoms with van der Waals surface area (Å²) in [6.45, 7) is 2.59. The third-order valence-electron chi connectivity index (χ3n) is 5.88. The van der Waals surface area contributed by atoms with Crippen LogP contribution in [0.4, 0.5) is 24.7 Å². The number of halogens is 3. The minimum absolute atomic E-state index is 0.0160. The predicted molar refractivity (Wildman–Crippen MR) is 150 cm³/mol. The Morgan fingerprint density at radius 3 is 2.40 bits per heavy atom. The molecule has 4 aromatic rings. The van der Waals surface area contributed by atoms with Crippen LogP contribution >= 0.6 is 0 Å². The van der Waals surface area contributed by atoms with Crippen LogP contribution in [0.25, 0.3) is 10.9 Å². The number of nitrogens with zero attached hydrogens (tertiary/aromatic N) is 1. The summed E-state index contributed by atoms with van der Waals surface area (Å²) in [6, 6.07) is 19.1. The molecule has 0 fully saturated rings. The van der Waals surface area contributed by atoms with Gasteiger partial charge in [0.1, 0.15) is 11.6 Å². The summed E-state index contributed by atoms with van der Waals surface area (Å²) in [5.41, 5.74) is 3.47. The molecule has 1 unspecified atom stereocenters. The smallest absolute Gasteiger partial charge is 0.490 e. The van der Waals surface area contributed by atoms with Gasteiger partial charge in [-0.15, -0.1) is 0 Å². The van der Waals surface area contributed by atoms with Gasteiger partial charge in [0.25, 0.3) is 0 Å². The molecule has 4 rings (SSSR count). The molecule has 5 N–H and O–H groups in total. The van der Waals surface area contributed by atoms with Crippen LogP contribution in [0.2, 0.25) is 0 Å². The highest BCUT2D eigenvalue weighted by Crippen LogP contribution is 2.34. The van der Waals surface area contributed by atoms with Crippen LogP contribution in [0.15, 0.2) is 73.1 Å². The maximum atomic E-state index is 11.5. The number of H-pyrrole nitrogens is 1. The second kappa shape index (κ2) is 14.5. The zero-order valence-electron chi connectivity index (χ0n) is 22.4. The first-order valence-electron chi connectivity index (χ1n) is 12.7. The van der Waals surface area contributed by atoms with E-state index in [0.717, 1.165) is 34.2 Å². The maximum Gasteiger partial charge on any atom is 0.490 e. The number of amides is 1. The largest absolute Gasteiger partial charge is 0.493 e. The number of aromatic nitrogens is 2. The number of pyridine rings is 1. The van der Waals surface area contributed by atoms with Gasteiger partial charge in [0.15, 0.2) is 0 Å². The number of fused-ring (bicyclic) bond motifs is 1. The number of aromatic amines is 1. The molecule has 0 spiro atoms. The van der Waals surface area contributed by atoms with Crippen LogP contribution in [-0.4, -0.2) is 57.4 Å². The number of hydrogen-bond acceptors (Lipinski definition) is 6. The Bertz CT molecular complexity index is 1510. The van der Waals surface area contributed by atoms with Gasteiger partial charge in [-0.25, -0.2) is 9.78 Å². The molecule has 0 radical (unpaired) electrons. The van der Waals surface area contributed by atoms with Crippen molar-refractivity contribution in [3.63, 3.8) is 0 Å². The molecular formula is C29H29F3N4O6. The molecule has 0 saturated heterocycles. The van der Waals surface area contributed by atoms with E-state index in [9.17, 15) is 27.9 Å². The standard InChI is InChI=1S/C27H28N4O4.C2HF3O2/c1-18(32)31-24-9-5-12-28-27(24)29-13-6-14-35-20-10-11-21-23(17-30-25(21)15-20)22(16-26(33)34)19-7-3-2-4-8-19;3-2(4,5)1(6)7/h2-5,7-12,15,17,22,30H,6,13-14,16H2,1H3,(H,28,29)(H,31,32)(H,33,34);(H,6,7). The fourth-order valence-electron chi connectivity index (χ4n) is 4.08. The van der Waals surface area contributed by atoms with E-state index in [1.165, 1.54) is 6.92 Å². The average molecular weight is 587 g/mol. The van der Waals surface area contributed by atoms with Crippen molar-refractivity contribution in [3.8, 4) is 5.75 Å². The molecule has 42 heavy (non-hydrogen) atoms. The van der Waals surface area contributed by atoms with Gasteiger partial charge in [-0.05, 0) is 41.8 Å². The predicted octanol–water partition coefficient (Wildman–Crippen LogP) is 5.64. The van der Waals surface area contributed by atoms with Crippen LogP contribution in [0.1, 0.15) is 36.8 Å². The molecule has 1 amide bonds. The fraction of sp³-hybridized carbons (Fsp3) is 0.241. The van der Waals surface area contributed by atoms with E-state index >= 15 is 0 Å². The zero-order chi connectivity index (χ0) is 30.7. The Morgan fingerprint density at radius 2 is 1.76 bits per heavy atom. The number of benzene rings is 2. The van der Waals surface area contributed by atoms with Crippen LogP contribution in [-0.2, 0) is 14.4 Å². The molecular weight excluding hydrogens is 557 g/mol. The molecule has 0 bridgehead atoms. The monoisotopic (exact) mass is 586 g/mol. The first-order chi connectivity index (χ1) is 20.0. The van der Waals surface area contributed by atoms with Crippen molar-refractivity contribution in [2.75, 3.05) is 23.8 Å². The minimum atomic E-state index is -5.08. The highest BCUT2D eigenvalue weighted by molar-refractivity contribution is 5.91. The summed E-state index contributed by atoms with van der Waals surface area (Å²) in [5.74, 6) is -2.63. The normalized spacial score (nSPS) is 11.6. The van der Waals surface area contributed by atoms with Gasteiger partial charge < -0.3 is 30.6 Å². The Balaban J connectivity index is 0.000000616. The number of ether oxygens (including phenoxy) is 1. The molecule has 0 aliphatic carbocycles. The van der Waals surface area contributed by atoms with E-state index in [2.05, 4.69) is 20.6 Å². The van der Waals surface area contributed by atoms with Crippen LogP contribution in [0.3, 0.4) is 0 Å². The lowest BCUT2D eigenvalue weighted by atomic mass is 9.88. The highest BCUT2D eigenvalue weighted by Gasteiger charge is 2.38. The van der Waals surface area contributed by atoms with Crippen LogP contribution in [0, 0.1) is 0 Å². The first-order valence-corrected chi connectivity index (χ1v) is 12.7. The molecule has 0 aliphatic rings. The number of alkyl halides is 3. The summed E-state index contributed by atoms with van der Waals surface area (Å²) in [4.78, 5) is 39.3. The number of rotatable bonds is 11.